The SMILES string of the molecule is CNc1snnc1COc1cccc(S(C)(=O)=O)c1. The lowest BCUT2D eigenvalue weighted by Crippen LogP contribution is -2.01. The van der Waals surface area contributed by atoms with Crippen LogP contribution in [-0.2, 0) is 16.4 Å². The molecule has 1 N–H and O–H groups in total. The minimum Gasteiger partial charge on any atom is -0.487 e. The van der Waals surface area contributed by atoms with E-state index in [1.807, 2.05) is 0 Å². The summed E-state index contributed by atoms with van der Waals surface area (Å²) in [5, 5.41) is 7.73. The highest BCUT2D eigenvalue weighted by Gasteiger charge is 2.10. The lowest BCUT2D eigenvalue weighted by Gasteiger charge is -2.06. The number of sulfone groups is 1. The van der Waals surface area contributed by atoms with E-state index in [-0.39, 0.29) is 11.5 Å². The molecule has 8 heteroatoms. The fourth-order valence-corrected chi connectivity index (χ4v) is 2.61. The maximum atomic E-state index is 11.4. The molecule has 0 amide bonds. The van der Waals surface area contributed by atoms with Crippen LogP contribution in [0.25, 0.3) is 0 Å². The van der Waals surface area contributed by atoms with Gasteiger partial charge in [-0.15, -0.1) is 5.10 Å². The lowest BCUT2D eigenvalue weighted by molar-refractivity contribution is 0.301. The Labute approximate surface area is 115 Å². The first-order valence-electron chi connectivity index (χ1n) is 5.42. The molecule has 0 saturated heterocycles. The van der Waals surface area contributed by atoms with Crippen LogP contribution < -0.4 is 10.1 Å². The third kappa shape index (κ3) is 3.42. The first-order valence-corrected chi connectivity index (χ1v) is 8.09. The molecule has 2 rings (SSSR count). The molecular weight excluding hydrogens is 286 g/mol. The summed E-state index contributed by atoms with van der Waals surface area (Å²) in [6.45, 7) is 0.236. The maximum Gasteiger partial charge on any atom is 0.175 e. The number of rotatable bonds is 5. The Bertz CT molecular complexity index is 667. The van der Waals surface area contributed by atoms with Gasteiger partial charge >= 0.3 is 0 Å². The quantitative estimate of drug-likeness (QED) is 0.902. The van der Waals surface area contributed by atoms with Crippen molar-refractivity contribution in [2.45, 2.75) is 11.5 Å². The van der Waals surface area contributed by atoms with Crippen LogP contribution >= 0.6 is 11.5 Å². The van der Waals surface area contributed by atoms with E-state index in [9.17, 15) is 8.42 Å². The minimum absolute atomic E-state index is 0.232. The lowest BCUT2D eigenvalue weighted by atomic mass is 10.3. The number of hydrogen-bond acceptors (Lipinski definition) is 7. The van der Waals surface area contributed by atoms with E-state index in [4.69, 9.17) is 4.74 Å². The molecule has 0 aliphatic rings. The molecule has 0 bridgehead atoms. The Kier molecular flexibility index (Phi) is 4.01. The number of nitrogens with one attached hydrogen (secondary N) is 1. The molecule has 102 valence electrons. The Morgan fingerprint density at radius 3 is 2.89 bits per heavy atom. The molecular formula is C11H13N3O3S2. The van der Waals surface area contributed by atoms with Crippen molar-refractivity contribution in [2.75, 3.05) is 18.6 Å². The zero-order valence-corrected chi connectivity index (χ0v) is 12.1. The third-order valence-electron chi connectivity index (χ3n) is 2.39. The van der Waals surface area contributed by atoms with Gasteiger partial charge in [0.15, 0.2) is 9.84 Å². The number of benzene rings is 1. The molecule has 1 heterocycles. The van der Waals surface area contributed by atoms with Gasteiger partial charge < -0.3 is 10.1 Å². The second-order valence-corrected chi connectivity index (χ2v) is 6.60. The van der Waals surface area contributed by atoms with Gasteiger partial charge in [0.1, 0.15) is 23.1 Å². The third-order valence-corrected chi connectivity index (χ3v) is 4.29. The normalized spacial score (nSPS) is 11.3. The summed E-state index contributed by atoms with van der Waals surface area (Å²) in [5.74, 6) is 0.484. The van der Waals surface area contributed by atoms with Crippen molar-refractivity contribution in [1.82, 2.24) is 9.59 Å². The largest absolute Gasteiger partial charge is 0.487 e. The topological polar surface area (TPSA) is 81.2 Å². The maximum absolute atomic E-state index is 11.4. The van der Waals surface area contributed by atoms with E-state index in [1.54, 1.807) is 19.2 Å². The van der Waals surface area contributed by atoms with Crippen molar-refractivity contribution < 1.29 is 13.2 Å². The minimum atomic E-state index is -3.23. The summed E-state index contributed by atoms with van der Waals surface area (Å²) in [4.78, 5) is 0.232. The first kappa shape index (κ1) is 13.8. The van der Waals surface area contributed by atoms with Gasteiger partial charge in [-0.05, 0) is 18.2 Å². The Morgan fingerprint density at radius 1 is 1.42 bits per heavy atom. The van der Waals surface area contributed by atoms with Gasteiger partial charge in [-0.3, -0.25) is 0 Å². The van der Waals surface area contributed by atoms with Gasteiger partial charge in [0.05, 0.1) is 4.90 Å². The van der Waals surface area contributed by atoms with Crippen LogP contribution in [0.5, 0.6) is 5.75 Å². The summed E-state index contributed by atoms with van der Waals surface area (Å²) in [6, 6.07) is 6.37. The number of nitrogens with zero attached hydrogens (tertiary/aromatic N) is 2. The number of ether oxygens (including phenoxy) is 1. The number of hydrogen-bond donors (Lipinski definition) is 1. The zero-order chi connectivity index (χ0) is 13.9. The summed E-state index contributed by atoms with van der Waals surface area (Å²) in [6.07, 6.45) is 1.16. The standard InChI is InChI=1S/C11H13N3O3S2/c1-12-11-10(13-14-18-11)7-17-8-4-3-5-9(6-8)19(2,15)16/h3-6,12H,7H2,1-2H3. The van der Waals surface area contributed by atoms with Gasteiger partial charge in [-0.2, -0.15) is 0 Å². The first-order chi connectivity index (χ1) is 9.00. The number of anilines is 1. The van der Waals surface area contributed by atoms with Crippen LogP contribution in [0.3, 0.4) is 0 Å². The second kappa shape index (κ2) is 5.54. The second-order valence-electron chi connectivity index (χ2n) is 3.83. The van der Waals surface area contributed by atoms with E-state index in [0.717, 1.165) is 11.3 Å². The van der Waals surface area contributed by atoms with Crippen LogP contribution in [0, 0.1) is 0 Å². The van der Waals surface area contributed by atoms with Crippen LogP contribution in [-0.4, -0.2) is 31.3 Å². The fourth-order valence-electron chi connectivity index (χ4n) is 1.44. The van der Waals surface area contributed by atoms with Crippen LogP contribution in [0.15, 0.2) is 29.2 Å². The van der Waals surface area contributed by atoms with Crippen molar-refractivity contribution in [3.8, 4) is 5.75 Å². The Balaban J connectivity index is 2.12. The van der Waals surface area contributed by atoms with E-state index < -0.39 is 9.84 Å². The van der Waals surface area contributed by atoms with E-state index >= 15 is 0 Å². The van der Waals surface area contributed by atoms with Gasteiger partial charge in [0.2, 0.25) is 0 Å². The highest BCUT2D eigenvalue weighted by atomic mass is 32.2. The number of aromatic nitrogens is 2. The van der Waals surface area contributed by atoms with Gasteiger partial charge in [0, 0.05) is 24.8 Å². The predicted molar refractivity (Wildman–Crippen MR) is 73.3 cm³/mol. The molecule has 1 aromatic heterocycles. The molecule has 0 saturated carbocycles. The monoisotopic (exact) mass is 299 g/mol. The van der Waals surface area contributed by atoms with Gasteiger partial charge in [-0.1, -0.05) is 10.6 Å². The average molecular weight is 299 g/mol. The van der Waals surface area contributed by atoms with Crippen LogP contribution in [0.1, 0.15) is 5.69 Å². The van der Waals surface area contributed by atoms with Gasteiger partial charge in [-0.25, -0.2) is 8.42 Å². The summed E-state index contributed by atoms with van der Waals surface area (Å²) >= 11 is 1.24. The molecule has 0 fully saturated rings. The summed E-state index contributed by atoms with van der Waals surface area (Å²) < 4.78 is 32.2. The molecule has 0 atom stereocenters. The van der Waals surface area contributed by atoms with E-state index in [0.29, 0.717) is 11.4 Å². The molecule has 0 unspecified atom stereocenters. The van der Waals surface area contributed by atoms with Crippen LogP contribution in [0.2, 0.25) is 0 Å². The molecule has 0 spiro atoms. The van der Waals surface area contributed by atoms with Crippen molar-refractivity contribution in [1.29, 1.82) is 0 Å². The molecule has 6 nitrogen and oxygen atoms in total. The predicted octanol–water partition coefficient (Wildman–Crippen LogP) is 1.56. The molecule has 0 aliphatic carbocycles. The van der Waals surface area contributed by atoms with Crippen molar-refractivity contribution in [2.24, 2.45) is 0 Å². The molecule has 2 aromatic rings. The summed E-state index contributed by atoms with van der Waals surface area (Å²) in [7, 11) is -1.45. The van der Waals surface area contributed by atoms with E-state index in [1.165, 1.54) is 23.7 Å². The van der Waals surface area contributed by atoms with E-state index in [2.05, 4.69) is 14.9 Å². The van der Waals surface area contributed by atoms with Crippen LogP contribution in [0.4, 0.5) is 5.00 Å². The smallest absolute Gasteiger partial charge is 0.175 e. The Morgan fingerprint density at radius 2 is 2.21 bits per heavy atom. The zero-order valence-electron chi connectivity index (χ0n) is 10.5. The van der Waals surface area contributed by atoms with Crippen molar-refractivity contribution in [3.05, 3.63) is 30.0 Å². The van der Waals surface area contributed by atoms with Crippen molar-refractivity contribution >= 4 is 26.4 Å². The van der Waals surface area contributed by atoms with Crippen molar-refractivity contribution in [3.63, 3.8) is 0 Å². The van der Waals surface area contributed by atoms with Gasteiger partial charge in [0.25, 0.3) is 0 Å². The average Bonchev–Trinajstić information content (AvgIpc) is 2.83. The molecule has 19 heavy (non-hydrogen) atoms. The molecule has 1 aromatic carbocycles. The fraction of sp³-hybridized carbons (Fsp3) is 0.273. The highest BCUT2D eigenvalue weighted by molar-refractivity contribution is 7.90. The molecule has 0 aliphatic heterocycles. The Hall–Kier alpha value is -1.67. The molecule has 0 radical (unpaired) electrons. The summed E-state index contributed by atoms with van der Waals surface area (Å²) in [5.41, 5.74) is 0.692. The highest BCUT2D eigenvalue weighted by Crippen LogP contribution is 2.21.